The first-order valence-electron chi connectivity index (χ1n) is 6.27. The predicted octanol–water partition coefficient (Wildman–Crippen LogP) is 3.29. The van der Waals surface area contributed by atoms with Crippen molar-refractivity contribution in [3.05, 3.63) is 63.2 Å². The van der Waals surface area contributed by atoms with Gasteiger partial charge in [0.2, 0.25) is 5.75 Å². The van der Waals surface area contributed by atoms with E-state index in [0.29, 0.717) is 16.9 Å². The van der Waals surface area contributed by atoms with E-state index in [0.717, 1.165) is 5.56 Å². The number of aryl methyl sites for hydroxylation is 2. The summed E-state index contributed by atoms with van der Waals surface area (Å²) in [5, 5.41) is 18.7. The summed E-state index contributed by atoms with van der Waals surface area (Å²) in [6.45, 7) is 3.59. The first-order valence-corrected chi connectivity index (χ1v) is 6.27. The van der Waals surface area contributed by atoms with Gasteiger partial charge in [-0.1, -0.05) is 23.8 Å². The molecule has 2 aromatic carbocycles. The molecule has 0 heterocycles. The van der Waals surface area contributed by atoms with Crippen LogP contribution in [0.3, 0.4) is 0 Å². The zero-order valence-corrected chi connectivity index (χ0v) is 11.7. The topological polar surface area (TPSA) is 102 Å². The quantitative estimate of drug-likeness (QED) is 0.389. The van der Waals surface area contributed by atoms with Crippen molar-refractivity contribution in [3.8, 4) is 11.5 Å². The number of benzene rings is 2. The van der Waals surface area contributed by atoms with Crippen molar-refractivity contribution in [3.63, 3.8) is 0 Å². The molecule has 0 unspecified atom stereocenters. The summed E-state index contributed by atoms with van der Waals surface area (Å²) in [7, 11) is 0. The van der Waals surface area contributed by atoms with Gasteiger partial charge >= 0.3 is 5.69 Å². The minimum atomic E-state index is -0.496. The maximum absolute atomic E-state index is 11.1. The van der Waals surface area contributed by atoms with Gasteiger partial charge in [0.15, 0.2) is 0 Å². The molecule has 0 aliphatic heterocycles. The molecule has 0 saturated heterocycles. The Morgan fingerprint density at radius 3 is 2.62 bits per heavy atom. The number of nitro groups is 1. The van der Waals surface area contributed by atoms with Gasteiger partial charge < -0.3 is 10.5 Å². The van der Waals surface area contributed by atoms with E-state index >= 15 is 0 Å². The van der Waals surface area contributed by atoms with Crippen LogP contribution in [0, 0.1) is 29.4 Å². The summed E-state index contributed by atoms with van der Waals surface area (Å²) in [4.78, 5) is 10.6. The smallest absolute Gasteiger partial charge is 0.311 e. The fourth-order valence-electron chi connectivity index (χ4n) is 1.97. The molecule has 0 amide bonds. The zero-order chi connectivity index (χ0) is 15.6. The molecule has 108 valence electrons. The number of nitrogens with one attached hydrogen (secondary N) is 1. The van der Waals surface area contributed by atoms with Crippen LogP contribution in [0.4, 0.5) is 5.69 Å². The van der Waals surface area contributed by atoms with E-state index in [1.54, 1.807) is 37.3 Å². The van der Waals surface area contributed by atoms with Crippen molar-refractivity contribution >= 4 is 11.5 Å². The molecule has 6 heteroatoms. The lowest BCUT2D eigenvalue weighted by molar-refractivity contribution is -0.385. The highest BCUT2D eigenvalue weighted by atomic mass is 16.6. The van der Waals surface area contributed by atoms with Crippen LogP contribution in [-0.2, 0) is 0 Å². The minimum Gasteiger partial charge on any atom is -0.449 e. The van der Waals surface area contributed by atoms with Gasteiger partial charge in [-0.15, -0.1) is 0 Å². The molecule has 0 saturated carbocycles. The number of hydrogen-bond acceptors (Lipinski definition) is 4. The molecule has 3 N–H and O–H groups in total. The van der Waals surface area contributed by atoms with Crippen LogP contribution in [-0.4, -0.2) is 10.8 Å². The van der Waals surface area contributed by atoms with Crippen LogP contribution in [0.25, 0.3) is 0 Å². The molecule has 0 spiro atoms. The highest BCUT2D eigenvalue weighted by Gasteiger charge is 2.19. The molecule has 0 fully saturated rings. The van der Waals surface area contributed by atoms with Crippen LogP contribution in [0.2, 0.25) is 0 Å². The van der Waals surface area contributed by atoms with E-state index in [1.165, 1.54) is 6.07 Å². The van der Waals surface area contributed by atoms with E-state index in [-0.39, 0.29) is 17.3 Å². The largest absolute Gasteiger partial charge is 0.449 e. The van der Waals surface area contributed by atoms with Gasteiger partial charge in [-0.3, -0.25) is 15.5 Å². The molecule has 6 nitrogen and oxygen atoms in total. The number of nitro benzene ring substituents is 1. The molecule has 0 aliphatic rings. The molecule has 0 aliphatic carbocycles. The predicted molar refractivity (Wildman–Crippen MR) is 80.1 cm³/mol. The standard InChI is InChI=1S/C15H15N3O3/c1-9-6-7-13(11(8-9)15(16)17)21-14-10(2)4-3-5-12(14)18(19)20/h3-8H,1-2H3,(H3,16,17). The third kappa shape index (κ3) is 3.00. The van der Waals surface area contributed by atoms with E-state index in [1.807, 2.05) is 6.92 Å². The molecule has 0 radical (unpaired) electrons. The summed E-state index contributed by atoms with van der Waals surface area (Å²) in [5.41, 5.74) is 7.39. The second kappa shape index (κ2) is 5.62. The Morgan fingerprint density at radius 1 is 1.29 bits per heavy atom. The Morgan fingerprint density at radius 2 is 2.00 bits per heavy atom. The van der Waals surface area contributed by atoms with Crippen LogP contribution in [0.1, 0.15) is 16.7 Å². The number of hydrogen-bond donors (Lipinski definition) is 2. The normalized spacial score (nSPS) is 10.2. The molecule has 2 rings (SSSR count). The van der Waals surface area contributed by atoms with Gasteiger partial charge in [-0.05, 0) is 31.5 Å². The van der Waals surface area contributed by atoms with E-state index < -0.39 is 4.92 Å². The van der Waals surface area contributed by atoms with Crippen LogP contribution in [0.5, 0.6) is 11.5 Å². The number of rotatable bonds is 4. The Balaban J connectivity index is 2.53. The van der Waals surface area contributed by atoms with Crippen molar-refractivity contribution in [2.75, 3.05) is 0 Å². The molecular formula is C15H15N3O3. The maximum atomic E-state index is 11.1. The summed E-state index contributed by atoms with van der Waals surface area (Å²) in [6.07, 6.45) is 0. The Kier molecular flexibility index (Phi) is 3.89. The first kappa shape index (κ1) is 14.5. The lowest BCUT2D eigenvalue weighted by Gasteiger charge is -2.13. The van der Waals surface area contributed by atoms with Crippen LogP contribution >= 0.6 is 0 Å². The van der Waals surface area contributed by atoms with Gasteiger partial charge in [0, 0.05) is 6.07 Å². The molecule has 2 aromatic rings. The van der Waals surface area contributed by atoms with Gasteiger partial charge in [0.25, 0.3) is 0 Å². The molecule has 0 aromatic heterocycles. The maximum Gasteiger partial charge on any atom is 0.311 e. The third-order valence-corrected chi connectivity index (χ3v) is 3.03. The average Bonchev–Trinajstić information content (AvgIpc) is 2.42. The summed E-state index contributed by atoms with van der Waals surface area (Å²) < 4.78 is 5.69. The van der Waals surface area contributed by atoms with E-state index in [9.17, 15) is 10.1 Å². The first-order chi connectivity index (χ1) is 9.90. The number of nitrogen functional groups attached to an aromatic ring is 1. The van der Waals surface area contributed by atoms with Crippen molar-refractivity contribution in [2.24, 2.45) is 5.73 Å². The lowest BCUT2D eigenvalue weighted by Crippen LogP contribution is -2.12. The third-order valence-electron chi connectivity index (χ3n) is 3.03. The Hall–Kier alpha value is -2.89. The average molecular weight is 285 g/mol. The molecule has 21 heavy (non-hydrogen) atoms. The SMILES string of the molecule is Cc1ccc(Oc2c(C)cccc2[N+](=O)[O-])c(C(=N)N)c1. The van der Waals surface area contributed by atoms with Crippen molar-refractivity contribution in [1.82, 2.24) is 0 Å². The number of nitrogens with two attached hydrogens (primary N) is 1. The van der Waals surface area contributed by atoms with E-state index in [2.05, 4.69) is 0 Å². The summed E-state index contributed by atoms with van der Waals surface area (Å²) in [5.74, 6) is 0.337. The fourth-order valence-corrected chi connectivity index (χ4v) is 1.97. The van der Waals surface area contributed by atoms with Crippen molar-refractivity contribution < 1.29 is 9.66 Å². The number of ether oxygens (including phenoxy) is 1. The van der Waals surface area contributed by atoms with Gasteiger partial charge in [-0.25, -0.2) is 0 Å². The highest BCUT2D eigenvalue weighted by Crippen LogP contribution is 2.35. The number of nitrogens with zero attached hydrogens (tertiary/aromatic N) is 1. The van der Waals surface area contributed by atoms with Crippen LogP contribution < -0.4 is 10.5 Å². The fraction of sp³-hybridized carbons (Fsp3) is 0.133. The minimum absolute atomic E-state index is 0.120. The number of para-hydroxylation sites is 1. The Labute approximate surface area is 121 Å². The monoisotopic (exact) mass is 285 g/mol. The molecular weight excluding hydrogens is 270 g/mol. The highest BCUT2D eigenvalue weighted by molar-refractivity contribution is 5.98. The van der Waals surface area contributed by atoms with Crippen LogP contribution in [0.15, 0.2) is 36.4 Å². The van der Waals surface area contributed by atoms with Gasteiger partial charge in [0.1, 0.15) is 11.6 Å². The molecule has 0 atom stereocenters. The Bertz CT molecular complexity index is 726. The number of amidine groups is 1. The van der Waals surface area contributed by atoms with Gasteiger partial charge in [-0.2, -0.15) is 0 Å². The van der Waals surface area contributed by atoms with Gasteiger partial charge in [0.05, 0.1) is 10.5 Å². The summed E-state index contributed by atoms with van der Waals surface area (Å²) >= 11 is 0. The molecule has 0 bridgehead atoms. The van der Waals surface area contributed by atoms with E-state index in [4.69, 9.17) is 15.9 Å². The lowest BCUT2D eigenvalue weighted by atomic mass is 10.1. The zero-order valence-electron chi connectivity index (χ0n) is 11.7. The second-order valence-corrected chi connectivity index (χ2v) is 4.70. The van der Waals surface area contributed by atoms with Crippen molar-refractivity contribution in [1.29, 1.82) is 5.41 Å². The summed E-state index contributed by atoms with van der Waals surface area (Å²) in [6, 6.07) is 9.87. The van der Waals surface area contributed by atoms with Crippen molar-refractivity contribution in [2.45, 2.75) is 13.8 Å². The second-order valence-electron chi connectivity index (χ2n) is 4.70.